The molecular formula is C19H18N2O5. The number of hydrogen-bond donors (Lipinski definition) is 3. The van der Waals surface area contributed by atoms with Crippen LogP contribution < -0.4 is 10.6 Å². The molecule has 3 rings (SSSR count). The maximum Gasteiger partial charge on any atom is 0.338 e. The van der Waals surface area contributed by atoms with E-state index in [1.54, 1.807) is 48.5 Å². The molecule has 1 saturated carbocycles. The molecular weight excluding hydrogens is 336 g/mol. The number of rotatable bonds is 5. The van der Waals surface area contributed by atoms with Gasteiger partial charge in [0.1, 0.15) is 5.75 Å². The Bertz CT molecular complexity index is 811. The van der Waals surface area contributed by atoms with Gasteiger partial charge in [-0.3, -0.25) is 10.1 Å². The number of hydrogen-bond acceptors (Lipinski definition) is 5. The van der Waals surface area contributed by atoms with Gasteiger partial charge in [-0.1, -0.05) is 24.3 Å². The monoisotopic (exact) mass is 354 g/mol. The lowest BCUT2D eigenvalue weighted by molar-refractivity contribution is -0.123. The van der Waals surface area contributed by atoms with Crippen molar-refractivity contribution in [2.75, 3.05) is 6.61 Å². The predicted octanol–water partition coefficient (Wildman–Crippen LogP) is 2.20. The van der Waals surface area contributed by atoms with E-state index in [0.29, 0.717) is 5.56 Å². The Hall–Kier alpha value is -3.35. The van der Waals surface area contributed by atoms with E-state index in [2.05, 4.69) is 10.6 Å². The Labute approximate surface area is 150 Å². The molecule has 0 spiro atoms. The number of amides is 3. The minimum absolute atomic E-state index is 0.137. The predicted molar refractivity (Wildman–Crippen MR) is 93.5 cm³/mol. The third-order valence-corrected chi connectivity index (χ3v) is 3.82. The normalized spacial score (nSPS) is 12.9. The van der Waals surface area contributed by atoms with E-state index in [9.17, 15) is 19.5 Å². The summed E-state index contributed by atoms with van der Waals surface area (Å²) in [6.07, 6.45) is 1.83. The van der Waals surface area contributed by atoms with Crippen LogP contribution in [0, 0.1) is 0 Å². The number of urea groups is 1. The fourth-order valence-electron chi connectivity index (χ4n) is 2.28. The highest BCUT2D eigenvalue weighted by Gasteiger charge is 2.24. The van der Waals surface area contributed by atoms with Crippen LogP contribution in [0.1, 0.15) is 23.2 Å². The Kier molecular flexibility index (Phi) is 5.17. The average molecular weight is 354 g/mol. The quantitative estimate of drug-likeness (QED) is 0.714. The molecule has 0 saturated heterocycles. The van der Waals surface area contributed by atoms with E-state index < -0.39 is 24.5 Å². The highest BCUT2D eigenvalue weighted by atomic mass is 16.5. The SMILES string of the molecule is O=C(COC(=O)c1ccc(-c2ccc(O)cc2)cc1)NC(=O)NC1CC1. The number of carbonyl (C=O) groups is 3. The summed E-state index contributed by atoms with van der Waals surface area (Å²) in [7, 11) is 0. The number of ether oxygens (including phenoxy) is 1. The van der Waals surface area contributed by atoms with Crippen LogP contribution in [0.5, 0.6) is 5.75 Å². The first-order valence-electron chi connectivity index (χ1n) is 8.18. The minimum Gasteiger partial charge on any atom is -0.508 e. The van der Waals surface area contributed by atoms with Crippen LogP contribution in [0.15, 0.2) is 48.5 Å². The molecule has 0 aromatic heterocycles. The standard InChI is InChI=1S/C19H18N2O5/c22-16-9-5-13(6-10-16)12-1-3-14(4-2-12)18(24)26-11-17(23)21-19(25)20-15-7-8-15/h1-6,9-10,15,22H,7-8,11H2,(H2,20,21,23,25). The van der Waals surface area contributed by atoms with Crippen molar-refractivity contribution in [2.45, 2.75) is 18.9 Å². The summed E-state index contributed by atoms with van der Waals surface area (Å²) in [5, 5.41) is 14.0. The second-order valence-electron chi connectivity index (χ2n) is 6.00. The van der Waals surface area contributed by atoms with Crippen LogP contribution in [0.25, 0.3) is 11.1 Å². The summed E-state index contributed by atoms with van der Waals surface area (Å²) < 4.78 is 4.91. The molecule has 0 radical (unpaired) electrons. The van der Waals surface area contributed by atoms with Crippen molar-refractivity contribution in [3.8, 4) is 16.9 Å². The van der Waals surface area contributed by atoms with Crippen LogP contribution in [0.4, 0.5) is 4.79 Å². The molecule has 1 aliphatic rings. The van der Waals surface area contributed by atoms with Gasteiger partial charge >= 0.3 is 12.0 Å². The summed E-state index contributed by atoms with van der Waals surface area (Å²) in [4.78, 5) is 35.0. The van der Waals surface area contributed by atoms with Crippen LogP contribution >= 0.6 is 0 Å². The molecule has 7 heteroatoms. The zero-order valence-corrected chi connectivity index (χ0v) is 13.9. The van der Waals surface area contributed by atoms with Crippen molar-refractivity contribution in [1.82, 2.24) is 10.6 Å². The number of phenols is 1. The summed E-state index contributed by atoms with van der Waals surface area (Å²) >= 11 is 0. The number of carbonyl (C=O) groups excluding carboxylic acids is 3. The molecule has 0 aliphatic heterocycles. The van der Waals surface area contributed by atoms with E-state index >= 15 is 0 Å². The van der Waals surface area contributed by atoms with Gasteiger partial charge in [0.25, 0.3) is 5.91 Å². The molecule has 0 heterocycles. The van der Waals surface area contributed by atoms with Gasteiger partial charge in [0.2, 0.25) is 0 Å². The van der Waals surface area contributed by atoms with Crippen molar-refractivity contribution in [1.29, 1.82) is 0 Å². The van der Waals surface area contributed by atoms with E-state index in [-0.39, 0.29) is 11.8 Å². The number of phenolic OH excluding ortho intramolecular Hbond substituents is 1. The van der Waals surface area contributed by atoms with Gasteiger partial charge in [0.05, 0.1) is 5.56 Å². The Morgan fingerprint density at radius 3 is 2.12 bits per heavy atom. The van der Waals surface area contributed by atoms with Gasteiger partial charge in [-0.25, -0.2) is 9.59 Å². The van der Waals surface area contributed by atoms with Gasteiger partial charge in [-0.05, 0) is 48.2 Å². The van der Waals surface area contributed by atoms with Crippen LogP contribution in [-0.4, -0.2) is 35.7 Å². The third kappa shape index (κ3) is 4.83. The van der Waals surface area contributed by atoms with E-state index in [1.165, 1.54) is 0 Å². The summed E-state index contributed by atoms with van der Waals surface area (Å²) in [6.45, 7) is -0.531. The number of esters is 1. The maximum absolute atomic E-state index is 12.0. The zero-order chi connectivity index (χ0) is 18.5. The number of benzene rings is 2. The Balaban J connectivity index is 1.50. The molecule has 0 unspecified atom stereocenters. The molecule has 1 fully saturated rings. The molecule has 134 valence electrons. The lowest BCUT2D eigenvalue weighted by Gasteiger charge is -2.07. The van der Waals surface area contributed by atoms with Crippen LogP contribution in [-0.2, 0) is 9.53 Å². The Morgan fingerprint density at radius 2 is 1.54 bits per heavy atom. The van der Waals surface area contributed by atoms with Crippen LogP contribution in [0.2, 0.25) is 0 Å². The summed E-state index contributed by atoms with van der Waals surface area (Å²) in [6, 6.07) is 12.9. The maximum atomic E-state index is 12.0. The molecule has 2 aromatic carbocycles. The van der Waals surface area contributed by atoms with Crippen molar-refractivity contribution < 1.29 is 24.2 Å². The molecule has 1 aliphatic carbocycles. The number of nitrogens with one attached hydrogen (secondary N) is 2. The molecule has 7 nitrogen and oxygen atoms in total. The highest BCUT2D eigenvalue weighted by Crippen LogP contribution is 2.22. The first-order valence-corrected chi connectivity index (χ1v) is 8.18. The molecule has 0 bridgehead atoms. The summed E-state index contributed by atoms with van der Waals surface area (Å²) in [5.41, 5.74) is 2.06. The van der Waals surface area contributed by atoms with Crippen molar-refractivity contribution in [3.05, 3.63) is 54.1 Å². The van der Waals surface area contributed by atoms with Gasteiger partial charge in [0.15, 0.2) is 6.61 Å². The van der Waals surface area contributed by atoms with Gasteiger partial charge in [0, 0.05) is 6.04 Å². The van der Waals surface area contributed by atoms with Gasteiger partial charge < -0.3 is 15.2 Å². The second kappa shape index (κ2) is 7.69. The zero-order valence-electron chi connectivity index (χ0n) is 13.9. The van der Waals surface area contributed by atoms with E-state index in [4.69, 9.17) is 4.74 Å². The number of imide groups is 1. The highest BCUT2D eigenvalue weighted by molar-refractivity contribution is 5.97. The first-order chi connectivity index (χ1) is 12.5. The average Bonchev–Trinajstić information content (AvgIpc) is 3.44. The minimum atomic E-state index is -0.683. The van der Waals surface area contributed by atoms with Crippen molar-refractivity contribution in [3.63, 3.8) is 0 Å². The third-order valence-electron chi connectivity index (χ3n) is 3.82. The largest absolute Gasteiger partial charge is 0.508 e. The molecule has 0 atom stereocenters. The second-order valence-corrected chi connectivity index (χ2v) is 6.00. The molecule has 3 N–H and O–H groups in total. The van der Waals surface area contributed by atoms with Crippen molar-refractivity contribution >= 4 is 17.9 Å². The van der Waals surface area contributed by atoms with Crippen molar-refractivity contribution in [2.24, 2.45) is 0 Å². The summed E-state index contributed by atoms with van der Waals surface area (Å²) in [5.74, 6) is -1.16. The molecule has 3 amide bonds. The molecule has 2 aromatic rings. The lowest BCUT2D eigenvalue weighted by atomic mass is 10.0. The van der Waals surface area contributed by atoms with E-state index in [1.807, 2.05) is 0 Å². The smallest absolute Gasteiger partial charge is 0.338 e. The van der Waals surface area contributed by atoms with E-state index in [0.717, 1.165) is 24.0 Å². The van der Waals surface area contributed by atoms with Gasteiger partial charge in [-0.2, -0.15) is 0 Å². The topological polar surface area (TPSA) is 105 Å². The first kappa shape index (κ1) is 17.5. The fraction of sp³-hybridized carbons (Fsp3) is 0.211. The lowest BCUT2D eigenvalue weighted by Crippen LogP contribution is -2.42. The van der Waals surface area contributed by atoms with Gasteiger partial charge in [-0.15, -0.1) is 0 Å². The molecule has 26 heavy (non-hydrogen) atoms. The fourth-order valence-corrected chi connectivity index (χ4v) is 2.28. The number of aromatic hydroxyl groups is 1. The Morgan fingerprint density at radius 1 is 0.962 bits per heavy atom. The van der Waals surface area contributed by atoms with Crippen LogP contribution in [0.3, 0.4) is 0 Å².